The predicted octanol–water partition coefficient (Wildman–Crippen LogP) is 3.45. The van der Waals surface area contributed by atoms with Crippen molar-refractivity contribution in [2.45, 2.75) is 64.6 Å². The molecule has 0 aliphatic heterocycles. The Balaban J connectivity index is 0.00000841. The number of halogens is 1. The normalized spacial score (nSPS) is 13.5. The van der Waals surface area contributed by atoms with Crippen LogP contribution in [0.15, 0.2) is 34.2 Å². The molecule has 1 rings (SSSR count). The van der Waals surface area contributed by atoms with E-state index in [9.17, 15) is 8.42 Å². The minimum Gasteiger partial charge on any atom is -0.378 e. The van der Waals surface area contributed by atoms with E-state index in [0.29, 0.717) is 29.9 Å². The topological polar surface area (TPSA) is 83.0 Å². The summed E-state index contributed by atoms with van der Waals surface area (Å²) < 4.78 is 32.2. The van der Waals surface area contributed by atoms with Gasteiger partial charge in [-0.2, -0.15) is 4.31 Å². The van der Waals surface area contributed by atoms with Gasteiger partial charge in [0.15, 0.2) is 5.96 Å². The third-order valence-corrected chi connectivity index (χ3v) is 6.90. The summed E-state index contributed by atoms with van der Waals surface area (Å²) in [7, 11) is -0.129. The molecule has 0 fully saturated rings. The van der Waals surface area contributed by atoms with Gasteiger partial charge in [0.05, 0.1) is 11.0 Å². The second-order valence-corrected chi connectivity index (χ2v) is 9.64. The zero-order chi connectivity index (χ0) is 22.0. The summed E-state index contributed by atoms with van der Waals surface area (Å²) in [5.74, 6) is 1.18. The van der Waals surface area contributed by atoms with Crippen molar-refractivity contribution >= 4 is 40.0 Å². The average molecular weight is 555 g/mol. The summed E-state index contributed by atoms with van der Waals surface area (Å²) in [6, 6.07) is 6.86. The van der Waals surface area contributed by atoms with Gasteiger partial charge in [-0.1, -0.05) is 26.0 Å². The molecule has 1 unspecified atom stereocenters. The molecule has 0 spiro atoms. The van der Waals surface area contributed by atoms with Crippen LogP contribution in [0.5, 0.6) is 0 Å². The van der Waals surface area contributed by atoms with Crippen LogP contribution in [-0.2, 0) is 21.3 Å². The number of rotatable bonds is 11. The second-order valence-electron chi connectivity index (χ2n) is 7.64. The first-order valence-corrected chi connectivity index (χ1v) is 11.7. The van der Waals surface area contributed by atoms with E-state index in [1.807, 2.05) is 32.9 Å². The average Bonchev–Trinajstić information content (AvgIpc) is 2.69. The minimum atomic E-state index is -3.46. The predicted molar refractivity (Wildman–Crippen MR) is 135 cm³/mol. The van der Waals surface area contributed by atoms with E-state index in [4.69, 9.17) is 4.74 Å². The Hall–Kier alpha value is -0.910. The van der Waals surface area contributed by atoms with Gasteiger partial charge in [-0.25, -0.2) is 8.42 Å². The minimum absolute atomic E-state index is 0. The summed E-state index contributed by atoms with van der Waals surface area (Å²) in [6.07, 6.45) is 1.13. The fraction of sp³-hybridized carbons (Fsp3) is 0.667. The van der Waals surface area contributed by atoms with Gasteiger partial charge in [0.1, 0.15) is 0 Å². The standard InChI is InChI=1S/C21H38N4O3S.HI/c1-8-28-20(16(2)3)13-14-23-21(22-6)24-15-18-9-11-19(12-10-18)29(26,27)25(7)17(4)5;/h9-12,16-17,20H,8,13-15H2,1-7H3,(H2,22,23,24);1H. The van der Waals surface area contributed by atoms with E-state index < -0.39 is 10.0 Å². The highest BCUT2D eigenvalue weighted by Gasteiger charge is 2.22. The number of aliphatic imine (C=N–C) groups is 1. The van der Waals surface area contributed by atoms with Crippen LogP contribution in [-0.4, -0.2) is 58.1 Å². The SMILES string of the molecule is CCOC(CCNC(=NC)NCc1ccc(S(=O)(=O)N(C)C(C)C)cc1)C(C)C.I. The first-order valence-electron chi connectivity index (χ1n) is 10.3. The van der Waals surface area contributed by atoms with E-state index in [-0.39, 0.29) is 36.1 Å². The van der Waals surface area contributed by atoms with E-state index >= 15 is 0 Å². The molecule has 9 heteroatoms. The molecule has 0 saturated heterocycles. The Morgan fingerprint density at radius 2 is 1.73 bits per heavy atom. The zero-order valence-electron chi connectivity index (χ0n) is 19.3. The highest BCUT2D eigenvalue weighted by molar-refractivity contribution is 14.0. The molecule has 0 saturated carbocycles. The van der Waals surface area contributed by atoms with Crippen LogP contribution in [0, 0.1) is 5.92 Å². The Bertz CT molecular complexity index is 737. The van der Waals surface area contributed by atoms with Crippen LogP contribution >= 0.6 is 24.0 Å². The van der Waals surface area contributed by atoms with Gasteiger partial charge in [0.2, 0.25) is 10.0 Å². The summed E-state index contributed by atoms with van der Waals surface area (Å²) in [6.45, 7) is 12.1. The number of hydrogen-bond donors (Lipinski definition) is 2. The molecule has 1 aromatic rings. The van der Waals surface area contributed by atoms with Gasteiger partial charge in [0.25, 0.3) is 0 Å². The van der Waals surface area contributed by atoms with Crippen molar-refractivity contribution in [1.29, 1.82) is 0 Å². The molecule has 0 radical (unpaired) electrons. The number of guanidine groups is 1. The van der Waals surface area contributed by atoms with Crippen LogP contribution in [0.1, 0.15) is 46.6 Å². The van der Waals surface area contributed by atoms with Crippen molar-refractivity contribution in [1.82, 2.24) is 14.9 Å². The molecule has 0 amide bonds. The summed E-state index contributed by atoms with van der Waals surface area (Å²) in [4.78, 5) is 4.54. The number of ether oxygens (including phenoxy) is 1. The number of sulfonamides is 1. The van der Waals surface area contributed by atoms with E-state index in [2.05, 4.69) is 29.5 Å². The quantitative estimate of drug-likeness (QED) is 0.249. The maximum absolute atomic E-state index is 12.5. The smallest absolute Gasteiger partial charge is 0.243 e. The van der Waals surface area contributed by atoms with Crippen molar-refractivity contribution in [2.24, 2.45) is 10.9 Å². The van der Waals surface area contributed by atoms with Crippen molar-refractivity contribution in [3.8, 4) is 0 Å². The lowest BCUT2D eigenvalue weighted by molar-refractivity contribution is 0.0258. The highest BCUT2D eigenvalue weighted by atomic mass is 127. The molecule has 2 N–H and O–H groups in total. The molecule has 7 nitrogen and oxygen atoms in total. The van der Waals surface area contributed by atoms with Gasteiger partial charge >= 0.3 is 0 Å². The molecule has 30 heavy (non-hydrogen) atoms. The first-order chi connectivity index (χ1) is 13.6. The van der Waals surface area contributed by atoms with Crippen LogP contribution in [0.25, 0.3) is 0 Å². The first kappa shape index (κ1) is 29.1. The van der Waals surface area contributed by atoms with Gasteiger partial charge < -0.3 is 15.4 Å². The number of hydrogen-bond acceptors (Lipinski definition) is 4. The van der Waals surface area contributed by atoms with E-state index in [1.54, 1.807) is 26.2 Å². The van der Waals surface area contributed by atoms with Gasteiger partial charge in [-0.3, -0.25) is 4.99 Å². The fourth-order valence-electron chi connectivity index (χ4n) is 2.79. The van der Waals surface area contributed by atoms with E-state index in [1.165, 1.54) is 4.31 Å². The van der Waals surface area contributed by atoms with Crippen molar-refractivity contribution < 1.29 is 13.2 Å². The van der Waals surface area contributed by atoms with Crippen LogP contribution in [0.2, 0.25) is 0 Å². The molecule has 0 bridgehead atoms. The molecule has 0 aliphatic rings. The molecule has 1 atom stereocenters. The maximum atomic E-state index is 12.5. The Kier molecular flexibility index (Phi) is 13.8. The summed E-state index contributed by atoms with van der Waals surface area (Å²) in [5.41, 5.74) is 0.980. The molecule has 0 aliphatic carbocycles. The summed E-state index contributed by atoms with van der Waals surface area (Å²) in [5, 5.41) is 6.56. The van der Waals surface area contributed by atoms with E-state index in [0.717, 1.165) is 18.5 Å². The number of nitrogens with zero attached hydrogens (tertiary/aromatic N) is 2. The van der Waals surface area contributed by atoms with Crippen molar-refractivity contribution in [3.63, 3.8) is 0 Å². The fourth-order valence-corrected chi connectivity index (χ4v) is 4.15. The molecule has 1 aromatic carbocycles. The Labute approximate surface area is 200 Å². The lowest BCUT2D eigenvalue weighted by atomic mass is 10.0. The van der Waals surface area contributed by atoms with Gasteiger partial charge in [-0.15, -0.1) is 24.0 Å². The third kappa shape index (κ3) is 9.07. The van der Waals surface area contributed by atoms with Gasteiger partial charge in [0, 0.05) is 39.8 Å². The monoisotopic (exact) mass is 554 g/mol. The highest BCUT2D eigenvalue weighted by Crippen LogP contribution is 2.17. The lowest BCUT2D eigenvalue weighted by Crippen LogP contribution is -2.39. The maximum Gasteiger partial charge on any atom is 0.243 e. The van der Waals surface area contributed by atoms with Gasteiger partial charge in [-0.05, 0) is 50.8 Å². The number of nitrogens with one attached hydrogen (secondary N) is 2. The third-order valence-electron chi connectivity index (χ3n) is 4.86. The molecule has 0 heterocycles. The zero-order valence-corrected chi connectivity index (χ0v) is 22.5. The summed E-state index contributed by atoms with van der Waals surface area (Å²) >= 11 is 0. The van der Waals surface area contributed by atoms with Crippen LogP contribution < -0.4 is 10.6 Å². The van der Waals surface area contributed by atoms with Crippen molar-refractivity contribution in [3.05, 3.63) is 29.8 Å². The number of benzene rings is 1. The van der Waals surface area contributed by atoms with Crippen LogP contribution in [0.3, 0.4) is 0 Å². The lowest BCUT2D eigenvalue weighted by Gasteiger charge is -2.22. The Morgan fingerprint density at radius 3 is 2.20 bits per heavy atom. The molecule has 174 valence electrons. The Morgan fingerprint density at radius 1 is 1.13 bits per heavy atom. The van der Waals surface area contributed by atoms with Crippen molar-refractivity contribution in [2.75, 3.05) is 27.2 Å². The largest absolute Gasteiger partial charge is 0.378 e. The molecular formula is C21H39IN4O3S. The second kappa shape index (κ2) is 14.2. The molecule has 0 aromatic heterocycles. The molecular weight excluding hydrogens is 515 g/mol. The van der Waals surface area contributed by atoms with Crippen LogP contribution in [0.4, 0.5) is 0 Å².